The van der Waals surface area contributed by atoms with Crippen LogP contribution in [0.25, 0.3) is 0 Å². The number of carbonyl (C=O) groups excluding carboxylic acids is 2. The predicted molar refractivity (Wildman–Crippen MR) is 53.0 cm³/mol. The zero-order valence-electron chi connectivity index (χ0n) is 8.49. The number of Topliss-reactive ketones (excluding diaryl/α,β-unsaturated/α-hetero) is 1. The topological polar surface area (TPSA) is 67.8 Å². The minimum absolute atomic E-state index is 0.150. The quantitative estimate of drug-likeness (QED) is 0.546. The van der Waals surface area contributed by atoms with Gasteiger partial charge in [-0.15, -0.1) is 0 Å². The Hall–Kier alpha value is -1.98. The van der Waals surface area contributed by atoms with Crippen LogP contribution in [0.3, 0.4) is 0 Å². The summed E-state index contributed by atoms with van der Waals surface area (Å²) in [5.41, 5.74) is 0.192. The second kappa shape index (κ2) is 3.88. The van der Waals surface area contributed by atoms with Gasteiger partial charge in [0, 0.05) is 5.70 Å². The Morgan fingerprint density at radius 1 is 1.50 bits per heavy atom. The third-order valence-corrected chi connectivity index (χ3v) is 2.27. The molecule has 84 valence electrons. The fourth-order valence-electron chi connectivity index (χ4n) is 1.56. The number of rotatable bonds is 2. The molecular formula is C10H9FN2O3. The maximum atomic E-state index is 13.4. The molecule has 1 atom stereocenters. The monoisotopic (exact) mass is 224 g/mol. The van der Waals surface area contributed by atoms with E-state index in [1.165, 1.54) is 6.08 Å². The molecule has 2 aliphatic rings. The van der Waals surface area contributed by atoms with Crippen molar-refractivity contribution in [1.82, 2.24) is 5.32 Å². The number of fused-ring (bicyclic) bond motifs is 1. The number of nitrogens with zero attached hydrogens (tertiary/aromatic N) is 1. The lowest BCUT2D eigenvalue weighted by Gasteiger charge is -2.13. The number of allylic oxidation sites excluding steroid dienone is 4. The number of ketones is 1. The van der Waals surface area contributed by atoms with E-state index in [0.717, 1.165) is 6.08 Å². The maximum Gasteiger partial charge on any atom is 0.292 e. The van der Waals surface area contributed by atoms with Gasteiger partial charge in [-0.25, -0.2) is 4.39 Å². The van der Waals surface area contributed by atoms with E-state index in [1.54, 1.807) is 6.92 Å². The van der Waals surface area contributed by atoms with Gasteiger partial charge in [-0.1, -0.05) is 5.16 Å². The van der Waals surface area contributed by atoms with Crippen molar-refractivity contribution in [2.24, 2.45) is 11.1 Å². The van der Waals surface area contributed by atoms with Crippen LogP contribution in [0.2, 0.25) is 0 Å². The lowest BCUT2D eigenvalue weighted by atomic mass is 9.93. The summed E-state index contributed by atoms with van der Waals surface area (Å²) in [5.74, 6) is -3.10. The third-order valence-electron chi connectivity index (χ3n) is 2.27. The first-order chi connectivity index (χ1) is 7.65. The molecule has 1 N–H and O–H groups in total. The zero-order chi connectivity index (χ0) is 11.7. The molecule has 1 saturated heterocycles. The molecule has 5 nitrogen and oxygen atoms in total. The summed E-state index contributed by atoms with van der Waals surface area (Å²) in [6.45, 7) is 1.95. The van der Waals surface area contributed by atoms with Crippen molar-refractivity contribution in [1.29, 1.82) is 0 Å². The second-order valence-electron chi connectivity index (χ2n) is 3.28. The minimum atomic E-state index is -0.982. The van der Waals surface area contributed by atoms with Crippen molar-refractivity contribution in [2.75, 3.05) is 6.61 Å². The fraction of sp³-hybridized carbons (Fsp3) is 0.300. The number of nitrogens with one attached hydrogen (secondary N) is 1. The van der Waals surface area contributed by atoms with E-state index in [0.29, 0.717) is 5.70 Å². The summed E-state index contributed by atoms with van der Waals surface area (Å²) < 4.78 is 13.4. The number of amides is 1. The van der Waals surface area contributed by atoms with Crippen LogP contribution in [0, 0.1) is 5.92 Å². The molecule has 0 radical (unpaired) electrons. The average Bonchev–Trinajstić information content (AvgIpc) is 2.55. The Bertz CT molecular complexity index is 451. The van der Waals surface area contributed by atoms with Crippen LogP contribution >= 0.6 is 0 Å². The molecule has 1 unspecified atom stereocenters. The molecule has 0 spiro atoms. The largest absolute Gasteiger partial charge is 0.396 e. The van der Waals surface area contributed by atoms with Crippen molar-refractivity contribution in [3.8, 4) is 0 Å². The third kappa shape index (κ3) is 1.52. The smallest absolute Gasteiger partial charge is 0.292 e. The van der Waals surface area contributed by atoms with Gasteiger partial charge < -0.3 is 10.2 Å². The summed E-state index contributed by atoms with van der Waals surface area (Å²) >= 11 is 0. The highest BCUT2D eigenvalue weighted by Gasteiger charge is 2.43. The fourth-order valence-corrected chi connectivity index (χ4v) is 1.56. The molecule has 0 aromatic heterocycles. The molecule has 0 aromatic rings. The lowest BCUT2D eigenvalue weighted by Crippen LogP contribution is -2.25. The number of carbonyl (C=O) groups is 2. The van der Waals surface area contributed by atoms with Crippen LogP contribution in [0.4, 0.5) is 4.39 Å². The Kier molecular flexibility index (Phi) is 2.55. The zero-order valence-corrected chi connectivity index (χ0v) is 8.49. The van der Waals surface area contributed by atoms with E-state index < -0.39 is 23.4 Å². The van der Waals surface area contributed by atoms with Crippen LogP contribution in [-0.4, -0.2) is 24.0 Å². The summed E-state index contributed by atoms with van der Waals surface area (Å²) in [5, 5.41) is 5.89. The maximum absolute atomic E-state index is 13.4. The highest BCUT2D eigenvalue weighted by Crippen LogP contribution is 2.27. The lowest BCUT2D eigenvalue weighted by molar-refractivity contribution is -0.135. The van der Waals surface area contributed by atoms with Gasteiger partial charge in [-0.05, 0) is 19.1 Å². The first kappa shape index (κ1) is 10.5. The van der Waals surface area contributed by atoms with Gasteiger partial charge in [0.1, 0.15) is 24.1 Å². The number of hydrogen-bond donors (Lipinski definition) is 1. The molecule has 0 bridgehead atoms. The van der Waals surface area contributed by atoms with Crippen molar-refractivity contribution >= 4 is 17.4 Å². The SMILES string of the molecule is CCON=C1C(F)=CC=C2NC(=O)C(=O)C21. The number of hydrogen-bond acceptors (Lipinski definition) is 4. The van der Waals surface area contributed by atoms with E-state index in [1.807, 2.05) is 0 Å². The van der Waals surface area contributed by atoms with Gasteiger partial charge in [-0.2, -0.15) is 0 Å². The molecule has 6 heteroatoms. The van der Waals surface area contributed by atoms with E-state index in [9.17, 15) is 14.0 Å². The molecule has 1 heterocycles. The summed E-state index contributed by atoms with van der Waals surface area (Å²) in [6.07, 6.45) is 2.50. The Labute approximate surface area is 90.6 Å². The standard InChI is InChI=1S/C10H9FN2O3/c1-2-16-13-8-5(11)3-4-6-7(8)9(14)10(15)12-6/h3-4,7H,2H2,1H3,(H,12,15). The second-order valence-corrected chi connectivity index (χ2v) is 3.28. The number of halogens is 1. The summed E-state index contributed by atoms with van der Waals surface area (Å²) in [4.78, 5) is 27.3. The van der Waals surface area contributed by atoms with Crippen LogP contribution in [0.1, 0.15) is 6.92 Å². The van der Waals surface area contributed by atoms with Crippen molar-refractivity contribution in [3.63, 3.8) is 0 Å². The molecule has 1 amide bonds. The van der Waals surface area contributed by atoms with Crippen LogP contribution in [0.15, 0.2) is 28.8 Å². The van der Waals surface area contributed by atoms with E-state index >= 15 is 0 Å². The average molecular weight is 224 g/mol. The Balaban J connectivity index is 2.39. The van der Waals surface area contributed by atoms with Gasteiger partial charge in [0.25, 0.3) is 5.91 Å². The van der Waals surface area contributed by atoms with Gasteiger partial charge in [-0.3, -0.25) is 9.59 Å². The van der Waals surface area contributed by atoms with E-state index in [-0.39, 0.29) is 12.3 Å². The molecular weight excluding hydrogens is 215 g/mol. The van der Waals surface area contributed by atoms with Crippen molar-refractivity contribution in [3.05, 3.63) is 23.7 Å². The van der Waals surface area contributed by atoms with Crippen molar-refractivity contribution < 1.29 is 18.8 Å². The highest BCUT2D eigenvalue weighted by molar-refractivity contribution is 6.46. The first-order valence-corrected chi connectivity index (χ1v) is 4.78. The minimum Gasteiger partial charge on any atom is -0.396 e. The van der Waals surface area contributed by atoms with Gasteiger partial charge in [0.2, 0.25) is 5.78 Å². The molecule has 1 aliphatic carbocycles. The number of oxime groups is 1. The molecule has 16 heavy (non-hydrogen) atoms. The molecule has 1 aliphatic heterocycles. The predicted octanol–water partition coefficient (Wildman–Crippen LogP) is 0.445. The summed E-state index contributed by atoms with van der Waals surface area (Å²) in [7, 11) is 0. The van der Waals surface area contributed by atoms with Gasteiger partial charge >= 0.3 is 0 Å². The van der Waals surface area contributed by atoms with E-state index in [4.69, 9.17) is 4.84 Å². The van der Waals surface area contributed by atoms with E-state index in [2.05, 4.69) is 10.5 Å². The van der Waals surface area contributed by atoms with Crippen LogP contribution < -0.4 is 5.32 Å². The van der Waals surface area contributed by atoms with Gasteiger partial charge in [0.15, 0.2) is 0 Å². The molecule has 0 saturated carbocycles. The normalized spacial score (nSPS) is 26.1. The first-order valence-electron chi connectivity index (χ1n) is 4.78. The molecule has 1 fully saturated rings. The summed E-state index contributed by atoms with van der Waals surface area (Å²) in [6, 6.07) is 0. The van der Waals surface area contributed by atoms with Gasteiger partial charge in [0.05, 0.1) is 0 Å². The highest BCUT2D eigenvalue weighted by atomic mass is 19.1. The van der Waals surface area contributed by atoms with Crippen LogP contribution in [-0.2, 0) is 14.4 Å². The van der Waals surface area contributed by atoms with Crippen LogP contribution in [0.5, 0.6) is 0 Å². The Morgan fingerprint density at radius 2 is 2.25 bits per heavy atom. The van der Waals surface area contributed by atoms with Crippen molar-refractivity contribution in [2.45, 2.75) is 6.92 Å². The molecule has 0 aromatic carbocycles. The molecule has 2 rings (SSSR count). The Morgan fingerprint density at radius 3 is 2.94 bits per heavy atom.